The highest BCUT2D eigenvalue weighted by Crippen LogP contribution is 2.28. The Hall–Kier alpha value is -1.59. The number of rotatable bonds is 11. The highest BCUT2D eigenvalue weighted by Gasteiger charge is 2.14. The number of benzene rings is 2. The number of aliphatic hydroxyl groups excluding tert-OH is 2. The standard InChI is InChI=1S/C21H28ClNO3/c1-2-13-23-14-18(24)15-26-21-6-4-3-5-19(21)20(25)12-9-16-7-10-17(22)11-8-16/h3-8,10-11,18,20,23-25H,2,9,12-15H2,1H3. The summed E-state index contributed by atoms with van der Waals surface area (Å²) in [4.78, 5) is 0. The topological polar surface area (TPSA) is 61.7 Å². The van der Waals surface area contributed by atoms with Gasteiger partial charge in [0.2, 0.25) is 0 Å². The average Bonchev–Trinajstić information content (AvgIpc) is 2.66. The lowest BCUT2D eigenvalue weighted by Gasteiger charge is -2.18. The highest BCUT2D eigenvalue weighted by atomic mass is 35.5. The fraction of sp³-hybridized carbons (Fsp3) is 0.429. The van der Waals surface area contributed by atoms with E-state index in [1.54, 1.807) is 0 Å². The molecule has 0 amide bonds. The van der Waals surface area contributed by atoms with Crippen molar-refractivity contribution >= 4 is 11.6 Å². The number of ether oxygens (including phenoxy) is 1. The van der Waals surface area contributed by atoms with Crippen molar-refractivity contribution in [1.29, 1.82) is 0 Å². The van der Waals surface area contributed by atoms with Gasteiger partial charge in [-0.2, -0.15) is 0 Å². The minimum atomic E-state index is -0.628. The van der Waals surface area contributed by atoms with E-state index in [4.69, 9.17) is 16.3 Å². The maximum absolute atomic E-state index is 10.6. The average molecular weight is 378 g/mol. The van der Waals surface area contributed by atoms with Crippen LogP contribution in [0.25, 0.3) is 0 Å². The summed E-state index contributed by atoms with van der Waals surface area (Å²) in [6.07, 6.45) is 1.15. The van der Waals surface area contributed by atoms with Gasteiger partial charge in [0.25, 0.3) is 0 Å². The Morgan fingerprint density at radius 3 is 2.54 bits per heavy atom. The van der Waals surface area contributed by atoms with Crippen molar-refractivity contribution in [3.63, 3.8) is 0 Å². The molecule has 2 rings (SSSR count). The zero-order valence-corrected chi connectivity index (χ0v) is 16.0. The lowest BCUT2D eigenvalue weighted by molar-refractivity contribution is 0.102. The van der Waals surface area contributed by atoms with Gasteiger partial charge in [-0.05, 0) is 49.6 Å². The molecule has 26 heavy (non-hydrogen) atoms. The monoisotopic (exact) mass is 377 g/mol. The van der Waals surface area contributed by atoms with Gasteiger partial charge in [0, 0.05) is 17.1 Å². The molecule has 0 radical (unpaired) electrons. The van der Waals surface area contributed by atoms with E-state index in [1.165, 1.54) is 0 Å². The van der Waals surface area contributed by atoms with Crippen LogP contribution in [-0.4, -0.2) is 36.0 Å². The SMILES string of the molecule is CCCNCC(O)COc1ccccc1C(O)CCc1ccc(Cl)cc1. The van der Waals surface area contributed by atoms with Crippen molar-refractivity contribution in [3.8, 4) is 5.75 Å². The molecule has 2 aromatic rings. The molecule has 0 fully saturated rings. The Morgan fingerprint density at radius 2 is 1.81 bits per heavy atom. The second-order valence-electron chi connectivity index (χ2n) is 6.39. The number of nitrogens with one attached hydrogen (secondary N) is 1. The van der Waals surface area contributed by atoms with Gasteiger partial charge in [-0.25, -0.2) is 0 Å². The first kappa shape index (κ1) is 20.7. The summed E-state index contributed by atoms with van der Waals surface area (Å²) >= 11 is 5.90. The van der Waals surface area contributed by atoms with E-state index in [0.29, 0.717) is 23.7 Å². The fourth-order valence-corrected chi connectivity index (χ4v) is 2.81. The predicted octanol–water partition coefficient (Wildman–Crippen LogP) is 3.75. The smallest absolute Gasteiger partial charge is 0.125 e. The largest absolute Gasteiger partial charge is 0.490 e. The first-order chi connectivity index (χ1) is 12.6. The van der Waals surface area contributed by atoms with Crippen molar-refractivity contribution in [2.24, 2.45) is 0 Å². The van der Waals surface area contributed by atoms with Crippen LogP contribution in [0, 0.1) is 0 Å². The van der Waals surface area contributed by atoms with Gasteiger partial charge in [-0.3, -0.25) is 0 Å². The molecule has 142 valence electrons. The molecule has 0 spiro atoms. The minimum Gasteiger partial charge on any atom is -0.490 e. The molecule has 0 saturated carbocycles. The van der Waals surface area contributed by atoms with Gasteiger partial charge in [0.15, 0.2) is 0 Å². The number of aliphatic hydroxyl groups is 2. The Bertz CT molecular complexity index is 648. The maximum atomic E-state index is 10.6. The third-order valence-electron chi connectivity index (χ3n) is 4.14. The number of aryl methyl sites for hydroxylation is 1. The van der Waals surface area contributed by atoms with Crippen molar-refractivity contribution in [2.75, 3.05) is 19.7 Å². The molecule has 2 unspecified atom stereocenters. The molecule has 3 N–H and O–H groups in total. The fourth-order valence-electron chi connectivity index (χ4n) is 2.69. The van der Waals surface area contributed by atoms with E-state index in [0.717, 1.165) is 30.5 Å². The van der Waals surface area contributed by atoms with Gasteiger partial charge < -0.3 is 20.3 Å². The molecule has 2 atom stereocenters. The van der Waals surface area contributed by atoms with Crippen LogP contribution in [0.1, 0.15) is 37.0 Å². The van der Waals surface area contributed by atoms with Crippen molar-refractivity contribution < 1.29 is 14.9 Å². The minimum absolute atomic E-state index is 0.192. The highest BCUT2D eigenvalue weighted by molar-refractivity contribution is 6.30. The number of para-hydroxylation sites is 1. The van der Waals surface area contributed by atoms with Crippen molar-refractivity contribution in [1.82, 2.24) is 5.32 Å². The summed E-state index contributed by atoms with van der Waals surface area (Å²) in [6, 6.07) is 15.1. The Kier molecular flexibility index (Phi) is 8.92. The van der Waals surface area contributed by atoms with Gasteiger partial charge >= 0.3 is 0 Å². The van der Waals surface area contributed by atoms with Gasteiger partial charge in [-0.1, -0.05) is 48.9 Å². The van der Waals surface area contributed by atoms with E-state index < -0.39 is 12.2 Å². The zero-order valence-electron chi connectivity index (χ0n) is 15.2. The molecule has 0 aliphatic carbocycles. The molecule has 0 aliphatic rings. The van der Waals surface area contributed by atoms with Crippen LogP contribution in [0.4, 0.5) is 0 Å². The Labute approximate surface area is 160 Å². The predicted molar refractivity (Wildman–Crippen MR) is 106 cm³/mol. The van der Waals surface area contributed by atoms with Gasteiger partial charge in [0.1, 0.15) is 18.5 Å². The molecular weight excluding hydrogens is 350 g/mol. The summed E-state index contributed by atoms with van der Waals surface area (Å²) in [5.41, 5.74) is 1.87. The molecule has 2 aromatic carbocycles. The molecule has 0 bridgehead atoms. The van der Waals surface area contributed by atoms with E-state index in [9.17, 15) is 10.2 Å². The molecule has 5 heteroatoms. The molecular formula is C21H28ClNO3. The lowest BCUT2D eigenvalue weighted by Crippen LogP contribution is -2.32. The maximum Gasteiger partial charge on any atom is 0.125 e. The molecule has 0 aromatic heterocycles. The van der Waals surface area contributed by atoms with E-state index in [1.807, 2.05) is 48.5 Å². The lowest BCUT2D eigenvalue weighted by atomic mass is 10.0. The molecule has 0 saturated heterocycles. The van der Waals surface area contributed by atoms with Gasteiger partial charge in [0.05, 0.1) is 6.10 Å². The summed E-state index contributed by atoms with van der Waals surface area (Å²) in [7, 11) is 0. The van der Waals surface area contributed by atoms with Crippen molar-refractivity contribution in [2.45, 2.75) is 38.4 Å². The second kappa shape index (κ2) is 11.2. The van der Waals surface area contributed by atoms with Crippen LogP contribution in [0.15, 0.2) is 48.5 Å². The summed E-state index contributed by atoms with van der Waals surface area (Å²) < 4.78 is 5.75. The summed E-state index contributed by atoms with van der Waals surface area (Å²) in [5, 5.41) is 24.4. The van der Waals surface area contributed by atoms with Crippen LogP contribution in [-0.2, 0) is 6.42 Å². The van der Waals surface area contributed by atoms with Crippen LogP contribution < -0.4 is 10.1 Å². The Balaban J connectivity index is 1.89. The number of halogens is 1. The number of hydrogen-bond acceptors (Lipinski definition) is 4. The number of hydrogen-bond donors (Lipinski definition) is 3. The molecule has 4 nitrogen and oxygen atoms in total. The van der Waals surface area contributed by atoms with Crippen LogP contribution >= 0.6 is 11.6 Å². The Morgan fingerprint density at radius 1 is 1.08 bits per heavy atom. The normalized spacial score (nSPS) is 13.4. The summed E-state index contributed by atoms with van der Waals surface area (Å²) in [5.74, 6) is 0.616. The molecule has 0 aliphatic heterocycles. The quantitative estimate of drug-likeness (QED) is 0.522. The first-order valence-corrected chi connectivity index (χ1v) is 9.51. The second-order valence-corrected chi connectivity index (χ2v) is 6.82. The molecule has 0 heterocycles. The van der Waals surface area contributed by atoms with E-state index in [2.05, 4.69) is 12.2 Å². The van der Waals surface area contributed by atoms with Gasteiger partial charge in [-0.15, -0.1) is 0 Å². The van der Waals surface area contributed by atoms with Crippen LogP contribution in [0.3, 0.4) is 0 Å². The summed E-state index contributed by atoms with van der Waals surface area (Å²) in [6.45, 7) is 3.64. The van der Waals surface area contributed by atoms with Crippen molar-refractivity contribution in [3.05, 3.63) is 64.7 Å². The third kappa shape index (κ3) is 6.96. The van der Waals surface area contributed by atoms with E-state index >= 15 is 0 Å². The van der Waals surface area contributed by atoms with Crippen LogP contribution in [0.5, 0.6) is 5.75 Å². The zero-order chi connectivity index (χ0) is 18.8. The van der Waals surface area contributed by atoms with E-state index in [-0.39, 0.29) is 6.61 Å². The third-order valence-corrected chi connectivity index (χ3v) is 4.39. The van der Waals surface area contributed by atoms with Crippen LogP contribution in [0.2, 0.25) is 5.02 Å². The first-order valence-electron chi connectivity index (χ1n) is 9.13.